The number of amides is 1. The van der Waals surface area contributed by atoms with Gasteiger partial charge in [0.15, 0.2) is 5.82 Å². The fraction of sp³-hybridized carbons (Fsp3) is 0.136. The van der Waals surface area contributed by atoms with Crippen LogP contribution in [0.1, 0.15) is 5.56 Å². The molecule has 1 N–H and O–H groups in total. The first-order valence-electron chi connectivity index (χ1n) is 9.44. The molecule has 4 rings (SSSR count). The highest BCUT2D eigenvalue weighted by Crippen LogP contribution is 2.18. The molecular formula is C22H21N5O2S. The van der Waals surface area contributed by atoms with Crippen LogP contribution >= 0.6 is 12.2 Å². The maximum absolute atomic E-state index is 12.5. The fourth-order valence-corrected chi connectivity index (χ4v) is 3.36. The summed E-state index contributed by atoms with van der Waals surface area (Å²) in [5, 5.41) is 7.54. The number of nitrogens with zero attached hydrogens (tertiary/aromatic N) is 4. The molecule has 0 fully saturated rings. The summed E-state index contributed by atoms with van der Waals surface area (Å²) in [6.45, 7) is 0.448. The van der Waals surface area contributed by atoms with E-state index in [0.717, 1.165) is 16.9 Å². The Balaban J connectivity index is 1.55. The Hall–Kier alpha value is -3.65. The second-order valence-electron chi connectivity index (χ2n) is 6.63. The van der Waals surface area contributed by atoms with Gasteiger partial charge in [-0.25, -0.2) is 9.36 Å². The van der Waals surface area contributed by atoms with Gasteiger partial charge in [0.1, 0.15) is 12.3 Å². The molecule has 0 aliphatic carbocycles. The Labute approximate surface area is 179 Å². The molecule has 0 saturated heterocycles. The van der Waals surface area contributed by atoms with Gasteiger partial charge in [-0.3, -0.25) is 9.47 Å². The van der Waals surface area contributed by atoms with Gasteiger partial charge in [0.05, 0.1) is 7.11 Å². The number of hydrogen-bond donors (Lipinski definition) is 1. The first kappa shape index (κ1) is 19.7. The summed E-state index contributed by atoms with van der Waals surface area (Å²) in [6.07, 6.45) is 3.77. The van der Waals surface area contributed by atoms with E-state index in [9.17, 15) is 4.79 Å². The smallest absolute Gasteiger partial charge is 0.242 e. The molecule has 7 nitrogen and oxygen atoms in total. The van der Waals surface area contributed by atoms with E-state index in [-0.39, 0.29) is 12.5 Å². The predicted molar refractivity (Wildman–Crippen MR) is 117 cm³/mol. The summed E-state index contributed by atoms with van der Waals surface area (Å²) in [5.41, 5.74) is 1.89. The average Bonchev–Trinajstić information content (AvgIpc) is 3.41. The standard InChI is InChI=1S/C22H21N5O2S/c1-29-19-11-9-17(10-12-19)15-23-20(28)16-26-22(30)27(25-13-5-6-14-25)21(24-26)18-7-3-2-4-8-18/h2-14H,15-16H2,1H3,(H,23,28). The Morgan fingerprint density at radius 1 is 1.03 bits per heavy atom. The molecule has 0 radical (unpaired) electrons. The Kier molecular flexibility index (Phi) is 5.76. The zero-order valence-electron chi connectivity index (χ0n) is 16.4. The summed E-state index contributed by atoms with van der Waals surface area (Å²) in [5.74, 6) is 1.28. The predicted octanol–water partition coefficient (Wildman–Crippen LogP) is 3.52. The maximum Gasteiger partial charge on any atom is 0.242 e. The minimum absolute atomic E-state index is 0.0308. The van der Waals surface area contributed by atoms with Gasteiger partial charge in [0, 0.05) is 24.5 Å². The first-order valence-corrected chi connectivity index (χ1v) is 9.85. The maximum atomic E-state index is 12.5. The first-order chi connectivity index (χ1) is 14.7. The van der Waals surface area contributed by atoms with Crippen molar-refractivity contribution >= 4 is 18.1 Å². The second kappa shape index (κ2) is 8.79. The molecule has 8 heteroatoms. The average molecular weight is 420 g/mol. The molecule has 1 amide bonds. The minimum atomic E-state index is -0.168. The highest BCUT2D eigenvalue weighted by molar-refractivity contribution is 7.71. The van der Waals surface area contributed by atoms with Crippen molar-refractivity contribution in [1.82, 2.24) is 24.4 Å². The Morgan fingerprint density at radius 3 is 2.40 bits per heavy atom. The quantitative estimate of drug-likeness (QED) is 0.466. The van der Waals surface area contributed by atoms with E-state index in [1.165, 1.54) is 0 Å². The lowest BCUT2D eigenvalue weighted by atomic mass is 10.2. The van der Waals surface area contributed by atoms with E-state index in [1.807, 2.05) is 83.8 Å². The number of aromatic nitrogens is 4. The molecule has 30 heavy (non-hydrogen) atoms. The summed E-state index contributed by atoms with van der Waals surface area (Å²) < 4.78 is 10.8. The number of ether oxygens (including phenoxy) is 1. The third-order valence-corrected chi connectivity index (χ3v) is 5.00. The molecular weight excluding hydrogens is 398 g/mol. The monoisotopic (exact) mass is 419 g/mol. The van der Waals surface area contributed by atoms with Crippen molar-refractivity contribution in [2.24, 2.45) is 0 Å². The van der Waals surface area contributed by atoms with Crippen LogP contribution in [0.5, 0.6) is 5.75 Å². The van der Waals surface area contributed by atoms with Crippen molar-refractivity contribution in [2.45, 2.75) is 13.1 Å². The van der Waals surface area contributed by atoms with Crippen LogP contribution in [0.25, 0.3) is 11.4 Å². The molecule has 4 aromatic rings. The lowest BCUT2D eigenvalue weighted by Gasteiger charge is -2.07. The lowest BCUT2D eigenvalue weighted by Crippen LogP contribution is -2.27. The highest BCUT2D eigenvalue weighted by atomic mass is 32.1. The summed E-state index contributed by atoms with van der Waals surface area (Å²) in [4.78, 5) is 12.5. The van der Waals surface area contributed by atoms with Crippen molar-refractivity contribution in [3.63, 3.8) is 0 Å². The second-order valence-corrected chi connectivity index (χ2v) is 6.99. The number of rotatable bonds is 7. The van der Waals surface area contributed by atoms with E-state index >= 15 is 0 Å². The summed E-state index contributed by atoms with van der Waals surface area (Å²) in [6, 6.07) is 21.1. The third kappa shape index (κ3) is 4.18. The van der Waals surface area contributed by atoms with E-state index in [0.29, 0.717) is 17.1 Å². The van der Waals surface area contributed by atoms with Gasteiger partial charge >= 0.3 is 0 Å². The van der Waals surface area contributed by atoms with Gasteiger partial charge in [0.2, 0.25) is 10.7 Å². The van der Waals surface area contributed by atoms with Crippen LogP contribution in [0.4, 0.5) is 0 Å². The van der Waals surface area contributed by atoms with Crippen LogP contribution in [0.3, 0.4) is 0 Å². The third-order valence-electron chi connectivity index (χ3n) is 4.61. The molecule has 0 aliphatic rings. The van der Waals surface area contributed by atoms with Crippen LogP contribution in [-0.2, 0) is 17.9 Å². The number of benzene rings is 2. The van der Waals surface area contributed by atoms with Crippen LogP contribution in [0, 0.1) is 4.77 Å². The molecule has 0 atom stereocenters. The van der Waals surface area contributed by atoms with Crippen molar-refractivity contribution in [3.8, 4) is 17.1 Å². The zero-order chi connectivity index (χ0) is 20.9. The topological polar surface area (TPSA) is 66.0 Å². The van der Waals surface area contributed by atoms with E-state index in [4.69, 9.17) is 17.0 Å². The number of hydrogen-bond acceptors (Lipinski definition) is 4. The number of methoxy groups -OCH3 is 1. The van der Waals surface area contributed by atoms with Crippen molar-refractivity contribution in [1.29, 1.82) is 0 Å². The normalized spacial score (nSPS) is 10.7. The molecule has 0 unspecified atom stereocenters. The van der Waals surface area contributed by atoms with Crippen LogP contribution in [0.15, 0.2) is 79.1 Å². The molecule has 2 aromatic heterocycles. The molecule has 2 heterocycles. The van der Waals surface area contributed by atoms with Crippen LogP contribution < -0.4 is 10.1 Å². The van der Waals surface area contributed by atoms with Crippen molar-refractivity contribution in [3.05, 3.63) is 89.5 Å². The fourth-order valence-electron chi connectivity index (χ4n) is 3.07. The van der Waals surface area contributed by atoms with Crippen molar-refractivity contribution < 1.29 is 9.53 Å². The summed E-state index contributed by atoms with van der Waals surface area (Å²) in [7, 11) is 1.62. The van der Waals surface area contributed by atoms with Gasteiger partial charge in [0.25, 0.3) is 0 Å². The molecule has 2 aromatic carbocycles. The van der Waals surface area contributed by atoms with E-state index < -0.39 is 0 Å². The van der Waals surface area contributed by atoms with Crippen LogP contribution in [0.2, 0.25) is 0 Å². The molecule has 0 saturated carbocycles. The van der Waals surface area contributed by atoms with Gasteiger partial charge < -0.3 is 10.1 Å². The van der Waals surface area contributed by atoms with Gasteiger partial charge in [-0.1, -0.05) is 42.5 Å². The number of nitrogens with one attached hydrogen (secondary N) is 1. The minimum Gasteiger partial charge on any atom is -0.497 e. The molecule has 0 spiro atoms. The number of carbonyl (C=O) groups is 1. The Bertz CT molecular complexity index is 1180. The van der Waals surface area contributed by atoms with E-state index in [2.05, 4.69) is 10.4 Å². The molecule has 0 bridgehead atoms. The van der Waals surface area contributed by atoms with E-state index in [1.54, 1.807) is 16.5 Å². The lowest BCUT2D eigenvalue weighted by molar-refractivity contribution is -0.122. The van der Waals surface area contributed by atoms with Crippen LogP contribution in [-0.4, -0.2) is 32.1 Å². The molecule has 152 valence electrons. The number of carbonyl (C=O) groups excluding carboxylic acids is 1. The Morgan fingerprint density at radius 2 is 1.73 bits per heavy atom. The molecule has 0 aliphatic heterocycles. The zero-order valence-corrected chi connectivity index (χ0v) is 17.2. The van der Waals surface area contributed by atoms with Gasteiger partial charge in [-0.15, -0.1) is 5.10 Å². The summed E-state index contributed by atoms with van der Waals surface area (Å²) >= 11 is 5.63. The van der Waals surface area contributed by atoms with Gasteiger partial charge in [-0.05, 0) is 42.0 Å². The SMILES string of the molecule is COc1ccc(CNC(=O)Cn2nc(-c3ccccc3)n(-n3cccc3)c2=S)cc1. The largest absolute Gasteiger partial charge is 0.497 e. The van der Waals surface area contributed by atoms with Crippen molar-refractivity contribution in [2.75, 3.05) is 7.11 Å². The van der Waals surface area contributed by atoms with Gasteiger partial charge in [-0.2, -0.15) is 0 Å². The highest BCUT2D eigenvalue weighted by Gasteiger charge is 2.15.